The maximum Gasteiger partial charge on any atom is 0.338 e. The molecule has 0 saturated heterocycles. The fraction of sp³-hybridized carbons (Fsp3) is 0.182. The third-order valence-electron chi connectivity index (χ3n) is 4.46. The highest BCUT2D eigenvalue weighted by Crippen LogP contribution is 2.26. The molecule has 0 fully saturated rings. The summed E-state index contributed by atoms with van der Waals surface area (Å²) < 4.78 is 5.14. The molecule has 3 rings (SSSR count). The first-order chi connectivity index (χ1) is 13.9. The molecule has 1 atom stereocenters. The third kappa shape index (κ3) is 4.24. The van der Waals surface area contributed by atoms with Crippen LogP contribution in [0.2, 0.25) is 0 Å². The van der Waals surface area contributed by atoms with Gasteiger partial charge in [0.2, 0.25) is 0 Å². The van der Waals surface area contributed by atoms with Crippen LogP contribution in [0, 0.1) is 0 Å². The highest BCUT2D eigenvalue weighted by Gasteiger charge is 2.36. The molecule has 7 nitrogen and oxygen atoms in total. The summed E-state index contributed by atoms with van der Waals surface area (Å²) in [4.78, 5) is 50.6. The molecule has 0 saturated carbocycles. The zero-order valence-corrected chi connectivity index (χ0v) is 15.9. The van der Waals surface area contributed by atoms with Crippen molar-refractivity contribution in [3.63, 3.8) is 0 Å². The van der Waals surface area contributed by atoms with Gasteiger partial charge in [-0.05, 0) is 30.7 Å². The largest absolute Gasteiger partial charge is 0.449 e. The molecule has 0 spiro atoms. The van der Waals surface area contributed by atoms with Crippen molar-refractivity contribution in [3.05, 3.63) is 83.4 Å². The van der Waals surface area contributed by atoms with E-state index in [2.05, 4.69) is 11.9 Å². The molecule has 3 amide bonds. The van der Waals surface area contributed by atoms with E-state index in [0.717, 1.165) is 10.5 Å². The number of amides is 3. The van der Waals surface area contributed by atoms with Crippen LogP contribution < -0.4 is 5.32 Å². The molecule has 1 heterocycles. The van der Waals surface area contributed by atoms with Crippen LogP contribution in [0.25, 0.3) is 0 Å². The Hall–Kier alpha value is -3.74. The maximum absolute atomic E-state index is 12.7. The van der Waals surface area contributed by atoms with Crippen molar-refractivity contribution >= 4 is 23.7 Å². The fourth-order valence-corrected chi connectivity index (χ4v) is 2.93. The van der Waals surface area contributed by atoms with Crippen LogP contribution in [0.15, 0.2) is 61.2 Å². The lowest BCUT2D eigenvalue weighted by Crippen LogP contribution is -2.35. The van der Waals surface area contributed by atoms with Crippen molar-refractivity contribution in [2.75, 3.05) is 6.54 Å². The number of rotatable bonds is 7. The van der Waals surface area contributed by atoms with E-state index in [4.69, 9.17) is 4.74 Å². The molecule has 1 aliphatic heterocycles. The minimum absolute atomic E-state index is 0.0924. The summed E-state index contributed by atoms with van der Waals surface area (Å²) >= 11 is 0. The van der Waals surface area contributed by atoms with Gasteiger partial charge in [0.05, 0.1) is 23.2 Å². The topological polar surface area (TPSA) is 92.8 Å². The highest BCUT2D eigenvalue weighted by molar-refractivity contribution is 6.21. The summed E-state index contributed by atoms with van der Waals surface area (Å²) in [6, 6.07) is 13.3. The molecule has 2 aromatic carbocycles. The zero-order chi connectivity index (χ0) is 21.0. The number of hydrogen-bond donors (Lipinski definition) is 1. The minimum Gasteiger partial charge on any atom is -0.449 e. The van der Waals surface area contributed by atoms with Crippen molar-refractivity contribution in [1.29, 1.82) is 0 Å². The van der Waals surface area contributed by atoms with Crippen LogP contribution in [0.5, 0.6) is 0 Å². The van der Waals surface area contributed by atoms with Gasteiger partial charge >= 0.3 is 5.97 Å². The first kappa shape index (κ1) is 20.0. The van der Waals surface area contributed by atoms with E-state index in [-0.39, 0.29) is 29.8 Å². The van der Waals surface area contributed by atoms with Gasteiger partial charge in [-0.15, -0.1) is 6.58 Å². The molecule has 1 aliphatic rings. The van der Waals surface area contributed by atoms with Crippen LogP contribution in [-0.2, 0) is 16.1 Å². The fourth-order valence-electron chi connectivity index (χ4n) is 2.93. The van der Waals surface area contributed by atoms with Crippen molar-refractivity contribution in [1.82, 2.24) is 10.2 Å². The second-order valence-corrected chi connectivity index (χ2v) is 6.52. The Morgan fingerprint density at radius 1 is 1.10 bits per heavy atom. The quantitative estimate of drug-likeness (QED) is 0.444. The summed E-state index contributed by atoms with van der Waals surface area (Å²) in [7, 11) is 0. The Balaban J connectivity index is 1.74. The van der Waals surface area contributed by atoms with E-state index in [0.29, 0.717) is 0 Å². The molecule has 0 radical (unpaired) electrons. The van der Waals surface area contributed by atoms with Gasteiger partial charge in [-0.1, -0.05) is 36.4 Å². The van der Waals surface area contributed by atoms with Gasteiger partial charge in [0.1, 0.15) is 0 Å². The van der Waals surface area contributed by atoms with Gasteiger partial charge < -0.3 is 10.1 Å². The first-order valence-corrected chi connectivity index (χ1v) is 9.06. The van der Waals surface area contributed by atoms with E-state index in [1.54, 1.807) is 0 Å². The first-order valence-electron chi connectivity index (χ1n) is 9.06. The SMILES string of the molecule is C=CCNC(=O)C(C)OC(=O)c1ccc2c(c1)C(=O)N(Cc1ccccc1)C2=O. The number of carbonyl (C=O) groups excluding carboxylic acids is 4. The number of carbonyl (C=O) groups is 4. The number of hydrogen-bond acceptors (Lipinski definition) is 5. The number of ether oxygens (including phenoxy) is 1. The second-order valence-electron chi connectivity index (χ2n) is 6.52. The van der Waals surface area contributed by atoms with Crippen LogP contribution in [0.1, 0.15) is 43.6 Å². The standard InChI is InChI=1S/C22H20N2O5/c1-3-11-23-19(25)14(2)29-22(28)16-9-10-17-18(12-16)21(27)24(20(17)26)13-15-7-5-4-6-8-15/h3-10,12,14H,1,11,13H2,2H3,(H,23,25). The number of esters is 1. The molecule has 0 aliphatic carbocycles. The van der Waals surface area contributed by atoms with Crippen LogP contribution in [0.4, 0.5) is 0 Å². The molecule has 2 aromatic rings. The summed E-state index contributed by atoms with van der Waals surface area (Å²) in [5, 5.41) is 2.53. The molecule has 148 valence electrons. The minimum atomic E-state index is -1.01. The Morgan fingerprint density at radius 3 is 2.48 bits per heavy atom. The Labute approximate surface area is 168 Å². The van der Waals surface area contributed by atoms with Gasteiger partial charge in [-0.3, -0.25) is 19.3 Å². The molecule has 29 heavy (non-hydrogen) atoms. The Bertz CT molecular complexity index is 984. The van der Waals surface area contributed by atoms with Crippen molar-refractivity contribution < 1.29 is 23.9 Å². The highest BCUT2D eigenvalue weighted by atomic mass is 16.5. The van der Waals surface area contributed by atoms with Gasteiger partial charge in [-0.25, -0.2) is 4.79 Å². The van der Waals surface area contributed by atoms with Crippen LogP contribution in [-0.4, -0.2) is 41.2 Å². The van der Waals surface area contributed by atoms with Crippen LogP contribution in [0.3, 0.4) is 0 Å². The summed E-state index contributed by atoms with van der Waals surface area (Å²) in [6.45, 7) is 5.34. The maximum atomic E-state index is 12.7. The number of nitrogens with one attached hydrogen (secondary N) is 1. The van der Waals surface area contributed by atoms with Gasteiger partial charge in [-0.2, -0.15) is 0 Å². The lowest BCUT2D eigenvalue weighted by Gasteiger charge is -2.13. The molecule has 1 unspecified atom stereocenters. The number of benzene rings is 2. The molecular weight excluding hydrogens is 372 g/mol. The smallest absolute Gasteiger partial charge is 0.338 e. The number of imide groups is 1. The Morgan fingerprint density at radius 2 is 1.79 bits per heavy atom. The Kier molecular flexibility index (Phi) is 5.87. The van der Waals surface area contributed by atoms with Crippen molar-refractivity contribution in [2.24, 2.45) is 0 Å². The molecule has 7 heteroatoms. The van der Waals surface area contributed by atoms with E-state index >= 15 is 0 Å². The van der Waals surface area contributed by atoms with Crippen molar-refractivity contribution in [3.8, 4) is 0 Å². The lowest BCUT2D eigenvalue weighted by molar-refractivity contribution is -0.128. The van der Waals surface area contributed by atoms with E-state index in [1.807, 2.05) is 30.3 Å². The molecule has 0 aromatic heterocycles. The summed E-state index contributed by atoms with van der Waals surface area (Å²) in [5.74, 6) is -2.10. The molecular formula is C22H20N2O5. The number of nitrogens with zero attached hydrogens (tertiary/aromatic N) is 1. The normalized spacial score (nSPS) is 13.6. The second kappa shape index (κ2) is 8.52. The average molecular weight is 392 g/mol. The van der Waals surface area contributed by atoms with E-state index in [1.165, 1.54) is 31.2 Å². The molecule has 1 N–H and O–H groups in total. The van der Waals surface area contributed by atoms with Gasteiger partial charge in [0.25, 0.3) is 17.7 Å². The van der Waals surface area contributed by atoms with Gasteiger partial charge in [0.15, 0.2) is 6.10 Å². The third-order valence-corrected chi connectivity index (χ3v) is 4.46. The predicted octanol–water partition coefficient (Wildman–Crippen LogP) is 2.33. The monoisotopic (exact) mass is 392 g/mol. The van der Waals surface area contributed by atoms with Crippen LogP contribution >= 0.6 is 0 Å². The summed E-state index contributed by atoms with van der Waals surface area (Å²) in [5.41, 5.74) is 1.29. The lowest BCUT2D eigenvalue weighted by atomic mass is 10.1. The zero-order valence-electron chi connectivity index (χ0n) is 15.9. The van der Waals surface area contributed by atoms with Gasteiger partial charge in [0, 0.05) is 6.54 Å². The number of fused-ring (bicyclic) bond motifs is 1. The predicted molar refractivity (Wildman–Crippen MR) is 105 cm³/mol. The van der Waals surface area contributed by atoms with Crippen molar-refractivity contribution in [2.45, 2.75) is 19.6 Å². The van der Waals surface area contributed by atoms with E-state index < -0.39 is 29.8 Å². The average Bonchev–Trinajstić information content (AvgIpc) is 2.97. The molecule has 0 bridgehead atoms. The van der Waals surface area contributed by atoms with E-state index in [9.17, 15) is 19.2 Å². The summed E-state index contributed by atoms with van der Waals surface area (Å²) in [6.07, 6.45) is 0.499.